The highest BCUT2D eigenvalue weighted by molar-refractivity contribution is 6.60. The summed E-state index contributed by atoms with van der Waals surface area (Å²) in [6, 6.07) is 0. The van der Waals surface area contributed by atoms with Crippen LogP contribution in [0.1, 0.15) is 39.0 Å². The minimum atomic E-state index is -2.45. The third kappa shape index (κ3) is 4.83. The fourth-order valence-corrected chi connectivity index (χ4v) is 5.23. The highest BCUT2D eigenvalue weighted by Crippen LogP contribution is 2.27. The molecule has 0 aromatic rings. The number of piperidine rings is 1. The van der Waals surface area contributed by atoms with Crippen molar-refractivity contribution in [1.82, 2.24) is 0 Å². The molecule has 4 nitrogen and oxygen atoms in total. The first-order chi connectivity index (χ1) is 9.03. The molecule has 0 N–H and O–H groups in total. The zero-order chi connectivity index (χ0) is 14.4. The van der Waals surface area contributed by atoms with E-state index in [1.807, 2.05) is 0 Å². The number of nitrogens with zero attached hydrogens (tertiary/aromatic N) is 1. The van der Waals surface area contributed by atoms with E-state index in [0.717, 1.165) is 16.6 Å². The zero-order valence-electron chi connectivity index (χ0n) is 13.4. The fourth-order valence-electron chi connectivity index (χ4n) is 3.10. The zero-order valence-corrected chi connectivity index (χ0v) is 14.4. The molecule has 1 rings (SSSR count). The van der Waals surface area contributed by atoms with E-state index in [-0.39, 0.29) is 0 Å². The molecule has 19 heavy (non-hydrogen) atoms. The minimum absolute atomic E-state index is 0.886. The first-order valence-electron chi connectivity index (χ1n) is 7.52. The van der Waals surface area contributed by atoms with E-state index >= 15 is 0 Å². The number of rotatable bonds is 8. The summed E-state index contributed by atoms with van der Waals surface area (Å²) in [5.41, 5.74) is 0. The van der Waals surface area contributed by atoms with Crippen LogP contribution in [0.15, 0.2) is 0 Å². The quantitative estimate of drug-likeness (QED) is 0.508. The molecule has 0 saturated carbocycles. The van der Waals surface area contributed by atoms with Crippen molar-refractivity contribution >= 4 is 8.80 Å². The topological polar surface area (TPSA) is 27.7 Å². The summed E-state index contributed by atoms with van der Waals surface area (Å²) < 4.78 is 17.8. The fraction of sp³-hybridized carbons (Fsp3) is 1.00. The maximum absolute atomic E-state index is 5.57. The van der Waals surface area contributed by atoms with E-state index < -0.39 is 8.80 Å². The Morgan fingerprint density at radius 2 is 1.58 bits per heavy atom. The van der Waals surface area contributed by atoms with Crippen LogP contribution in [0.3, 0.4) is 0 Å². The predicted molar refractivity (Wildman–Crippen MR) is 79.8 cm³/mol. The number of hydrogen-bond donors (Lipinski definition) is 0. The third-order valence-electron chi connectivity index (χ3n) is 4.63. The third-order valence-corrected chi connectivity index (χ3v) is 7.65. The van der Waals surface area contributed by atoms with Gasteiger partial charge in [0, 0.05) is 21.3 Å². The molecule has 114 valence electrons. The Morgan fingerprint density at radius 1 is 1.05 bits per heavy atom. The average Bonchev–Trinajstić information content (AvgIpc) is 2.44. The predicted octanol–water partition coefficient (Wildman–Crippen LogP) is 2.45. The van der Waals surface area contributed by atoms with Gasteiger partial charge in [0.15, 0.2) is 0 Å². The second kappa shape index (κ2) is 7.74. The van der Waals surface area contributed by atoms with Gasteiger partial charge in [-0.05, 0) is 18.8 Å². The smallest absolute Gasteiger partial charge is 0.374 e. The summed E-state index contributed by atoms with van der Waals surface area (Å²) in [4.78, 5) is 0. The molecule has 0 unspecified atom stereocenters. The molecule has 1 saturated heterocycles. The van der Waals surface area contributed by atoms with Gasteiger partial charge in [0.2, 0.25) is 0 Å². The van der Waals surface area contributed by atoms with E-state index in [1.54, 1.807) is 21.3 Å². The molecule has 0 aliphatic carbocycles. The summed E-state index contributed by atoms with van der Waals surface area (Å²) in [5, 5.41) is 0. The van der Waals surface area contributed by atoms with Crippen molar-refractivity contribution in [2.45, 2.75) is 39.0 Å². The van der Waals surface area contributed by atoms with Crippen molar-refractivity contribution in [1.29, 1.82) is 0 Å². The van der Waals surface area contributed by atoms with Crippen LogP contribution in [-0.2, 0) is 13.3 Å². The minimum Gasteiger partial charge on any atom is -0.374 e. The van der Waals surface area contributed by atoms with Crippen LogP contribution in [0.25, 0.3) is 0 Å². The van der Waals surface area contributed by atoms with Crippen LogP contribution in [-0.4, -0.2) is 60.9 Å². The van der Waals surface area contributed by atoms with Gasteiger partial charge >= 0.3 is 8.80 Å². The summed E-state index contributed by atoms with van der Waals surface area (Å²) in [6.45, 7) is 4.72. The molecular weight excluding hydrogens is 258 g/mol. The number of likely N-dealkylation sites (tertiary alicyclic amines) is 1. The van der Waals surface area contributed by atoms with Gasteiger partial charge < -0.3 is 17.8 Å². The molecule has 1 aliphatic rings. The van der Waals surface area contributed by atoms with Crippen molar-refractivity contribution < 1.29 is 17.8 Å². The summed E-state index contributed by atoms with van der Waals surface area (Å²) in [7, 11) is 4.99. The van der Waals surface area contributed by atoms with Gasteiger partial charge in [-0.1, -0.05) is 26.2 Å². The van der Waals surface area contributed by atoms with Gasteiger partial charge in [-0.3, -0.25) is 0 Å². The van der Waals surface area contributed by atoms with Crippen molar-refractivity contribution in [3.05, 3.63) is 0 Å². The standard InChI is InChI=1S/C14H32NO3Si/c1-6-7-8-14-9-11-15(2,12-10-14)13-19(16-3,17-4)18-5/h14H,6-13H2,1-5H3/q+1. The van der Waals surface area contributed by atoms with Crippen LogP contribution >= 0.6 is 0 Å². The first kappa shape index (κ1) is 17.1. The molecular formula is C14H32NO3Si+. The highest BCUT2D eigenvalue weighted by atomic mass is 28.4. The van der Waals surface area contributed by atoms with E-state index in [2.05, 4.69) is 14.0 Å². The van der Waals surface area contributed by atoms with Crippen molar-refractivity contribution in [3.8, 4) is 0 Å². The van der Waals surface area contributed by atoms with Gasteiger partial charge in [-0.2, -0.15) is 0 Å². The largest absolute Gasteiger partial charge is 0.558 e. The van der Waals surface area contributed by atoms with Crippen LogP contribution in [0, 0.1) is 5.92 Å². The molecule has 1 aliphatic heterocycles. The highest BCUT2D eigenvalue weighted by Gasteiger charge is 2.47. The Balaban J connectivity index is 2.50. The van der Waals surface area contributed by atoms with Crippen LogP contribution < -0.4 is 0 Å². The second-order valence-corrected chi connectivity index (χ2v) is 9.01. The molecule has 0 amide bonds. The van der Waals surface area contributed by atoms with Gasteiger partial charge in [0.1, 0.15) is 6.17 Å². The van der Waals surface area contributed by atoms with Crippen molar-refractivity contribution in [2.24, 2.45) is 5.92 Å². The first-order valence-corrected chi connectivity index (χ1v) is 9.45. The van der Waals surface area contributed by atoms with Gasteiger partial charge in [-0.25, -0.2) is 0 Å². The van der Waals surface area contributed by atoms with Gasteiger partial charge in [0.05, 0.1) is 20.1 Å². The van der Waals surface area contributed by atoms with Crippen molar-refractivity contribution in [2.75, 3.05) is 47.6 Å². The molecule has 0 aromatic carbocycles. The Kier molecular flexibility index (Phi) is 6.97. The summed E-state index contributed by atoms with van der Waals surface area (Å²) in [5.74, 6) is 0.926. The molecule has 1 heterocycles. The molecule has 0 atom stereocenters. The van der Waals surface area contributed by atoms with E-state index in [4.69, 9.17) is 13.3 Å². The van der Waals surface area contributed by atoms with E-state index in [9.17, 15) is 0 Å². The molecule has 0 radical (unpaired) electrons. The lowest BCUT2D eigenvalue weighted by Crippen LogP contribution is -2.62. The van der Waals surface area contributed by atoms with Crippen molar-refractivity contribution in [3.63, 3.8) is 0 Å². The Morgan fingerprint density at radius 3 is 2.00 bits per heavy atom. The number of quaternary nitrogens is 1. The number of hydrogen-bond acceptors (Lipinski definition) is 3. The SMILES string of the molecule is CCCCC1CC[N+](C)(C[Si](OC)(OC)OC)CC1. The van der Waals surface area contributed by atoms with Gasteiger partial charge in [0.25, 0.3) is 0 Å². The van der Waals surface area contributed by atoms with Crippen LogP contribution in [0.5, 0.6) is 0 Å². The molecule has 0 bridgehead atoms. The molecule has 1 fully saturated rings. The molecule has 0 spiro atoms. The Labute approximate surface area is 120 Å². The normalized spacial score (nSPS) is 28.6. The summed E-state index contributed by atoms with van der Waals surface area (Å²) in [6.07, 6.45) is 7.64. The average molecular weight is 291 g/mol. The molecule has 0 aromatic heterocycles. The van der Waals surface area contributed by atoms with E-state index in [1.165, 1.54) is 45.2 Å². The maximum Gasteiger partial charge on any atom is 0.558 e. The van der Waals surface area contributed by atoms with Crippen LogP contribution in [0.4, 0.5) is 0 Å². The van der Waals surface area contributed by atoms with Crippen LogP contribution in [0.2, 0.25) is 0 Å². The van der Waals surface area contributed by atoms with E-state index in [0.29, 0.717) is 0 Å². The maximum atomic E-state index is 5.57. The lowest BCUT2D eigenvalue weighted by molar-refractivity contribution is -0.908. The Hall–Kier alpha value is 0.0569. The molecule has 5 heteroatoms. The lowest BCUT2D eigenvalue weighted by Gasteiger charge is -2.43. The van der Waals surface area contributed by atoms with Gasteiger partial charge in [-0.15, -0.1) is 0 Å². The second-order valence-electron chi connectivity index (χ2n) is 6.11. The summed E-state index contributed by atoms with van der Waals surface area (Å²) >= 11 is 0. The lowest BCUT2D eigenvalue weighted by atomic mass is 9.91. The number of unbranched alkanes of at least 4 members (excludes halogenated alkanes) is 1. The Bertz CT molecular complexity index is 243. The monoisotopic (exact) mass is 290 g/mol.